The predicted molar refractivity (Wildman–Crippen MR) is 286 cm³/mol. The molecule has 6 N–H and O–H groups in total. The summed E-state index contributed by atoms with van der Waals surface area (Å²) in [5.41, 5.74) is 1.32. The van der Waals surface area contributed by atoms with Crippen molar-refractivity contribution in [3.8, 4) is 0 Å². The Kier molecular flexibility index (Phi) is 24.1. The van der Waals surface area contributed by atoms with Crippen LogP contribution in [-0.2, 0) is 56.0 Å². The van der Waals surface area contributed by atoms with Crippen LogP contribution >= 0.6 is 0 Å². The molecule has 1 aliphatic heterocycles. The molecule has 0 spiro atoms. The molecule has 21 nitrogen and oxygen atoms in total. The number of carbonyl (C=O) groups excluding carboxylic acids is 10. The number of hydrogen-bond acceptors (Lipinski definition) is 11. The molecule has 0 aromatic heterocycles. The van der Waals surface area contributed by atoms with Crippen LogP contribution in [0, 0.1) is 17.8 Å². The van der Waals surface area contributed by atoms with Crippen LogP contribution in [0.15, 0.2) is 60.7 Å². The van der Waals surface area contributed by atoms with Gasteiger partial charge in [-0.05, 0) is 63.0 Å². The molecule has 0 radical (unpaired) electrons. The van der Waals surface area contributed by atoms with Crippen LogP contribution in [0.5, 0.6) is 0 Å². The normalized spacial score (nSPS) is 26.4. The average molecular weight is 1060 g/mol. The summed E-state index contributed by atoms with van der Waals surface area (Å²) >= 11 is 0. The second-order valence-corrected chi connectivity index (χ2v) is 21.1. The lowest BCUT2D eigenvalue weighted by Crippen LogP contribution is -2.62. The Morgan fingerprint density at radius 1 is 0.553 bits per heavy atom. The molecule has 11 amide bonds. The van der Waals surface area contributed by atoms with Gasteiger partial charge < -0.3 is 51.3 Å². The molecule has 2 unspecified atom stereocenters. The monoisotopic (exact) mass is 1060 g/mol. The van der Waals surface area contributed by atoms with Gasteiger partial charge in [0.25, 0.3) is 0 Å². The highest BCUT2D eigenvalue weighted by Gasteiger charge is 2.42. The maximum absolute atomic E-state index is 14.9. The van der Waals surface area contributed by atoms with Crippen LogP contribution < -0.4 is 26.6 Å². The zero-order chi connectivity index (χ0) is 57.5. The van der Waals surface area contributed by atoms with E-state index in [9.17, 15) is 53.1 Å². The van der Waals surface area contributed by atoms with Crippen LogP contribution in [0.2, 0.25) is 0 Å². The molecule has 1 saturated heterocycles. The molecule has 1 heterocycles. The van der Waals surface area contributed by atoms with Gasteiger partial charge in [-0.25, -0.2) is 4.79 Å². The summed E-state index contributed by atoms with van der Waals surface area (Å²) in [6.45, 7) is 16.4. The van der Waals surface area contributed by atoms with Crippen LogP contribution in [-0.4, -0.2) is 185 Å². The molecular weight excluding hydrogens is 977 g/mol. The topological polar surface area (TPSA) is 267 Å². The minimum Gasteiger partial charge on any atom is -0.391 e. The number of carbonyl (C=O) groups is 10. The van der Waals surface area contributed by atoms with Crippen molar-refractivity contribution in [2.45, 2.75) is 162 Å². The molecule has 420 valence electrons. The molecule has 0 bridgehead atoms. The summed E-state index contributed by atoms with van der Waals surface area (Å²) < 4.78 is 0. The number of amides is 11. The summed E-state index contributed by atoms with van der Waals surface area (Å²) in [7, 11) is 6.87. The lowest BCUT2D eigenvalue weighted by atomic mass is 9.94. The minimum absolute atomic E-state index is 0.0142. The van der Waals surface area contributed by atoms with E-state index in [-0.39, 0.29) is 25.2 Å². The van der Waals surface area contributed by atoms with Gasteiger partial charge in [0.2, 0.25) is 53.2 Å². The van der Waals surface area contributed by atoms with Crippen LogP contribution in [0.3, 0.4) is 0 Å². The Bertz CT molecular complexity index is 2350. The summed E-state index contributed by atoms with van der Waals surface area (Å²) in [6.07, 6.45) is -1.38. The molecule has 1 aliphatic rings. The third kappa shape index (κ3) is 17.1. The second kappa shape index (κ2) is 28.8. The SMILES string of the molecule is CC[C@H](C)[C@@H]1NC(=O)C(CC(C)C)N(C)C(=O)[C@H](C)NC(=O)N(C)C(=O)C[C@H](C)NC(=O)[C@H]([C@@H](C)O)NC(=O)[C@H](Cc2ccccc2)NC(=O)C(C(C)C)N(C)C(=O)[C@H](C)N(C)C(=O)[C@H](Cc2ccccc2)N(C)C1=O. The first-order valence-electron chi connectivity index (χ1n) is 26.1. The molecule has 1 fully saturated rings. The molecule has 76 heavy (non-hydrogen) atoms. The van der Waals surface area contributed by atoms with Crippen molar-refractivity contribution < 1.29 is 53.1 Å². The molecule has 2 aromatic carbocycles. The fourth-order valence-electron chi connectivity index (χ4n) is 9.04. The van der Waals surface area contributed by atoms with E-state index in [4.69, 9.17) is 0 Å². The van der Waals surface area contributed by atoms with Crippen molar-refractivity contribution >= 4 is 59.2 Å². The Morgan fingerprint density at radius 2 is 1.08 bits per heavy atom. The fourth-order valence-corrected chi connectivity index (χ4v) is 9.04. The molecule has 0 saturated carbocycles. The van der Waals surface area contributed by atoms with Gasteiger partial charge in [0, 0.05) is 60.5 Å². The van der Waals surface area contributed by atoms with Gasteiger partial charge in [-0.15, -0.1) is 0 Å². The highest BCUT2D eigenvalue weighted by Crippen LogP contribution is 2.21. The number of aliphatic hydroxyl groups excluding tert-OH is 1. The maximum atomic E-state index is 14.9. The van der Waals surface area contributed by atoms with E-state index in [0.29, 0.717) is 17.5 Å². The second-order valence-electron chi connectivity index (χ2n) is 21.1. The van der Waals surface area contributed by atoms with Crippen molar-refractivity contribution in [1.82, 2.24) is 51.1 Å². The van der Waals surface area contributed by atoms with E-state index in [1.807, 2.05) is 20.8 Å². The molecule has 2 aromatic rings. The zero-order valence-electron chi connectivity index (χ0n) is 47.1. The van der Waals surface area contributed by atoms with E-state index in [2.05, 4.69) is 26.6 Å². The standard InChI is InChI=1S/C55H84N10O11/c1-16-33(6)44-54(75)63(13)42(30-39-25-21-18-22-26-39)53(74)61(11)36(9)52(73)65(15)46(32(4)5)50(71)58-40(29-38-23-19-17-20-24-38)47(68)60-45(37(10)66)49(70)56-34(7)28-43(67)64(14)55(76)57-35(8)51(72)62(12)41(27-31(2)3)48(69)59-44/h17-26,31-37,40-42,44-46,66H,16,27-30H2,1-15H3,(H,56,70)(H,57,76)(H,58,71)(H,59,69)(H,60,68)/t33-,34-,35-,36-,37+,40-,41?,42-,44-,45-,46?/m0/s1. The van der Waals surface area contributed by atoms with E-state index in [1.165, 1.54) is 82.5 Å². The minimum atomic E-state index is -1.59. The number of hydrogen-bond donors (Lipinski definition) is 6. The van der Waals surface area contributed by atoms with Crippen molar-refractivity contribution in [3.05, 3.63) is 71.8 Å². The highest BCUT2D eigenvalue weighted by atomic mass is 16.3. The maximum Gasteiger partial charge on any atom is 0.324 e. The number of rotatable bonds is 10. The third-order valence-corrected chi connectivity index (χ3v) is 14.1. The van der Waals surface area contributed by atoms with Gasteiger partial charge in [-0.2, -0.15) is 0 Å². The molecule has 21 heteroatoms. The van der Waals surface area contributed by atoms with Gasteiger partial charge in [0.1, 0.15) is 48.3 Å². The first-order chi connectivity index (χ1) is 35.5. The highest BCUT2D eigenvalue weighted by molar-refractivity contribution is 6.00. The third-order valence-electron chi connectivity index (χ3n) is 14.1. The largest absolute Gasteiger partial charge is 0.391 e. The Labute approximate surface area is 448 Å². The quantitative estimate of drug-likeness (QED) is 0.200. The predicted octanol–water partition coefficient (Wildman–Crippen LogP) is 1.85. The first-order valence-corrected chi connectivity index (χ1v) is 26.1. The van der Waals surface area contributed by atoms with E-state index >= 15 is 0 Å². The summed E-state index contributed by atoms with van der Waals surface area (Å²) in [5.74, 6) is -7.58. The molecule has 3 rings (SSSR count). The Balaban J connectivity index is 2.21. The fraction of sp³-hybridized carbons (Fsp3) is 0.600. The Hall–Kier alpha value is -6.90. The Morgan fingerprint density at radius 3 is 1.59 bits per heavy atom. The van der Waals surface area contributed by atoms with Crippen LogP contribution in [0.25, 0.3) is 0 Å². The number of nitrogens with one attached hydrogen (secondary N) is 5. The summed E-state index contributed by atoms with van der Waals surface area (Å²) in [5, 5.41) is 24.1. The molecule has 0 aliphatic carbocycles. The van der Waals surface area contributed by atoms with Gasteiger partial charge in [0.15, 0.2) is 0 Å². The van der Waals surface area contributed by atoms with Gasteiger partial charge in [-0.3, -0.25) is 48.1 Å². The smallest absolute Gasteiger partial charge is 0.324 e. The number of imide groups is 1. The number of likely N-dealkylation sites (N-methyl/N-ethyl adjacent to an activating group) is 4. The van der Waals surface area contributed by atoms with Gasteiger partial charge in [-0.1, -0.05) is 109 Å². The number of urea groups is 1. The van der Waals surface area contributed by atoms with E-state index in [0.717, 1.165) is 4.90 Å². The molecular formula is C55H84N10O11. The zero-order valence-corrected chi connectivity index (χ0v) is 47.1. The van der Waals surface area contributed by atoms with Gasteiger partial charge >= 0.3 is 6.03 Å². The average Bonchev–Trinajstić information content (AvgIpc) is 3.37. The van der Waals surface area contributed by atoms with E-state index in [1.54, 1.807) is 81.4 Å². The first kappa shape index (κ1) is 63.4. The van der Waals surface area contributed by atoms with Crippen molar-refractivity contribution in [1.29, 1.82) is 0 Å². The summed E-state index contributed by atoms with van der Waals surface area (Å²) in [4.78, 5) is 148. The van der Waals surface area contributed by atoms with Crippen molar-refractivity contribution in [2.75, 3.05) is 35.2 Å². The number of benzene rings is 2. The number of aliphatic hydroxyl groups is 1. The van der Waals surface area contributed by atoms with Crippen molar-refractivity contribution in [2.24, 2.45) is 17.8 Å². The van der Waals surface area contributed by atoms with Crippen LogP contribution in [0.4, 0.5) is 4.79 Å². The molecule has 11 atom stereocenters. The summed E-state index contributed by atoms with van der Waals surface area (Å²) in [6, 6.07) is 5.61. The van der Waals surface area contributed by atoms with Crippen molar-refractivity contribution in [3.63, 3.8) is 0 Å². The van der Waals surface area contributed by atoms with E-state index < -0.39 is 138 Å². The lowest BCUT2D eigenvalue weighted by Gasteiger charge is -2.38. The lowest BCUT2D eigenvalue weighted by molar-refractivity contribution is -0.152. The number of nitrogens with zero attached hydrogens (tertiary/aromatic N) is 5. The van der Waals surface area contributed by atoms with Gasteiger partial charge in [0.05, 0.1) is 6.10 Å². The van der Waals surface area contributed by atoms with Crippen LogP contribution in [0.1, 0.15) is 99.6 Å².